The van der Waals surface area contributed by atoms with Crippen molar-refractivity contribution in [1.29, 1.82) is 5.26 Å². The van der Waals surface area contributed by atoms with Crippen LogP contribution in [-0.4, -0.2) is 42.2 Å². The minimum atomic E-state index is -5.20. The van der Waals surface area contributed by atoms with E-state index in [-0.39, 0.29) is 17.7 Å². The number of methoxy groups -OCH3 is 2. The first kappa shape index (κ1) is 28.2. The molecule has 0 aliphatic carbocycles. The Bertz CT molecular complexity index is 1460. The number of nitrogens with two attached hydrogens (primary N) is 1. The summed E-state index contributed by atoms with van der Waals surface area (Å²) in [4.78, 5) is 49.3. The predicted octanol–water partition coefficient (Wildman–Crippen LogP) is 3.21. The Labute approximate surface area is 217 Å². The predicted molar refractivity (Wildman–Crippen MR) is 125 cm³/mol. The normalized spacial score (nSPS) is 15.5. The average Bonchev–Trinajstić information content (AvgIpc) is 2.90. The van der Waals surface area contributed by atoms with Crippen LogP contribution < -0.4 is 10.6 Å². The lowest BCUT2D eigenvalue weighted by Gasteiger charge is -2.36. The van der Waals surface area contributed by atoms with Crippen LogP contribution in [0.5, 0.6) is 0 Å². The summed E-state index contributed by atoms with van der Waals surface area (Å²) in [5.74, 6) is -6.87. The highest BCUT2D eigenvalue weighted by Crippen LogP contribution is 2.47. The molecule has 0 aromatic heterocycles. The van der Waals surface area contributed by atoms with Gasteiger partial charge in [-0.1, -0.05) is 30.3 Å². The van der Waals surface area contributed by atoms with E-state index in [1.807, 2.05) is 0 Å². The van der Waals surface area contributed by atoms with Gasteiger partial charge in [0, 0.05) is 6.07 Å². The minimum Gasteiger partial charge on any atom is -0.478 e. The quantitative estimate of drug-likeness (QED) is 0.308. The topological polar surface area (TPSA) is 186 Å². The molecule has 39 heavy (non-hydrogen) atoms. The number of nitriles is 1. The van der Waals surface area contributed by atoms with Gasteiger partial charge in [-0.25, -0.2) is 14.4 Å². The third-order valence-corrected chi connectivity index (χ3v) is 5.68. The van der Waals surface area contributed by atoms with Crippen LogP contribution in [0.3, 0.4) is 0 Å². The Morgan fingerprint density at radius 3 is 2.18 bits per heavy atom. The van der Waals surface area contributed by atoms with E-state index < -0.39 is 80.1 Å². The Morgan fingerprint density at radius 2 is 1.72 bits per heavy atom. The lowest BCUT2D eigenvalue weighted by molar-refractivity contribution is -0.384. The van der Waals surface area contributed by atoms with Gasteiger partial charge in [-0.3, -0.25) is 15.0 Å². The number of esters is 2. The van der Waals surface area contributed by atoms with Crippen molar-refractivity contribution < 1.29 is 47.1 Å². The maximum absolute atomic E-state index is 13.5. The third-order valence-electron chi connectivity index (χ3n) is 5.68. The molecule has 1 unspecified atom stereocenters. The molecule has 2 aromatic rings. The van der Waals surface area contributed by atoms with Crippen molar-refractivity contribution in [2.75, 3.05) is 19.1 Å². The SMILES string of the molecule is COC(=O)C1=C(C(=O)OC)N(c2c(C(=O)O)cc(C(F)(F)F)cc2[N+](=O)[O-])C(N)=C(C#N)C1c1ccccc1. The van der Waals surface area contributed by atoms with Crippen molar-refractivity contribution in [3.05, 3.63) is 91.9 Å². The van der Waals surface area contributed by atoms with E-state index in [0.29, 0.717) is 4.90 Å². The molecule has 0 saturated heterocycles. The summed E-state index contributed by atoms with van der Waals surface area (Å²) in [5, 5.41) is 31.7. The molecule has 0 spiro atoms. The minimum absolute atomic E-state index is 0.0388. The standard InChI is InChI=1S/C24H17F3N4O8/c1-38-22(34)17-16(11-6-4-3-5-7-11)14(10-28)20(29)30(19(17)23(35)39-2)18-13(21(32)33)8-12(24(25,26)27)9-15(18)31(36)37/h3-9,16H,29H2,1-2H3,(H,32,33). The zero-order chi connectivity index (χ0) is 29.2. The number of benzene rings is 2. The number of nitrogens with zero attached hydrogens (tertiary/aromatic N) is 3. The highest BCUT2D eigenvalue weighted by Gasteiger charge is 2.46. The van der Waals surface area contributed by atoms with Crippen molar-refractivity contribution in [2.45, 2.75) is 12.1 Å². The van der Waals surface area contributed by atoms with Gasteiger partial charge in [0.2, 0.25) is 0 Å². The van der Waals surface area contributed by atoms with Gasteiger partial charge in [0.15, 0.2) is 0 Å². The van der Waals surface area contributed by atoms with Crippen molar-refractivity contribution >= 4 is 29.3 Å². The number of anilines is 1. The largest absolute Gasteiger partial charge is 0.478 e. The van der Waals surface area contributed by atoms with E-state index in [2.05, 4.69) is 0 Å². The second kappa shape index (κ2) is 10.5. The number of ether oxygens (including phenoxy) is 2. The van der Waals surface area contributed by atoms with Gasteiger partial charge < -0.3 is 20.3 Å². The summed E-state index contributed by atoms with van der Waals surface area (Å²) in [7, 11) is 1.78. The monoisotopic (exact) mass is 546 g/mol. The van der Waals surface area contributed by atoms with Gasteiger partial charge >= 0.3 is 24.1 Å². The second-order valence-electron chi connectivity index (χ2n) is 7.79. The number of alkyl halides is 3. The van der Waals surface area contributed by atoms with Crippen LogP contribution in [-0.2, 0) is 25.2 Å². The molecule has 1 heterocycles. The maximum atomic E-state index is 13.5. The number of carboxylic acid groups (broad SMARTS) is 1. The van der Waals surface area contributed by atoms with Crippen molar-refractivity contribution in [2.24, 2.45) is 5.73 Å². The van der Waals surface area contributed by atoms with Crippen LogP contribution in [0, 0.1) is 21.4 Å². The van der Waals surface area contributed by atoms with Gasteiger partial charge in [-0.2, -0.15) is 18.4 Å². The molecule has 1 atom stereocenters. The molecule has 0 amide bonds. The van der Waals surface area contributed by atoms with Crippen LogP contribution in [0.1, 0.15) is 27.4 Å². The second-order valence-corrected chi connectivity index (χ2v) is 7.79. The molecular weight excluding hydrogens is 529 g/mol. The molecule has 12 nitrogen and oxygen atoms in total. The van der Waals surface area contributed by atoms with E-state index in [4.69, 9.17) is 15.2 Å². The maximum Gasteiger partial charge on any atom is 0.416 e. The number of rotatable bonds is 6. The Kier molecular flexibility index (Phi) is 7.61. The van der Waals surface area contributed by atoms with Crippen LogP contribution in [0.4, 0.5) is 24.5 Å². The summed E-state index contributed by atoms with van der Waals surface area (Å²) < 4.78 is 50.0. The first-order valence-corrected chi connectivity index (χ1v) is 10.6. The molecule has 3 rings (SSSR count). The van der Waals surface area contributed by atoms with Gasteiger partial charge in [0.25, 0.3) is 5.69 Å². The fraction of sp³-hybridized carbons (Fsp3) is 0.167. The molecular formula is C24H17F3N4O8. The molecule has 0 radical (unpaired) electrons. The highest BCUT2D eigenvalue weighted by atomic mass is 19.4. The van der Waals surface area contributed by atoms with Gasteiger partial charge in [0.05, 0.1) is 53.4 Å². The molecule has 202 valence electrons. The zero-order valence-electron chi connectivity index (χ0n) is 20.0. The first-order chi connectivity index (χ1) is 18.3. The van der Waals surface area contributed by atoms with E-state index in [1.165, 1.54) is 24.3 Å². The molecule has 3 N–H and O–H groups in total. The highest BCUT2D eigenvalue weighted by molar-refractivity contribution is 6.09. The van der Waals surface area contributed by atoms with E-state index >= 15 is 0 Å². The Hall–Kier alpha value is -5.39. The first-order valence-electron chi connectivity index (χ1n) is 10.6. The fourth-order valence-corrected chi connectivity index (χ4v) is 4.07. The molecule has 0 bridgehead atoms. The zero-order valence-corrected chi connectivity index (χ0v) is 20.0. The molecule has 1 aliphatic heterocycles. The molecule has 0 saturated carbocycles. The van der Waals surface area contributed by atoms with Crippen molar-refractivity contribution in [3.8, 4) is 6.07 Å². The van der Waals surface area contributed by atoms with E-state index in [9.17, 15) is 48.0 Å². The summed E-state index contributed by atoms with van der Waals surface area (Å²) >= 11 is 0. The van der Waals surface area contributed by atoms with E-state index in [1.54, 1.807) is 12.1 Å². The van der Waals surface area contributed by atoms with Gasteiger partial charge in [-0.05, 0) is 11.6 Å². The number of nitro benzene ring substituents is 1. The fourth-order valence-electron chi connectivity index (χ4n) is 4.07. The van der Waals surface area contributed by atoms with Crippen molar-refractivity contribution in [3.63, 3.8) is 0 Å². The smallest absolute Gasteiger partial charge is 0.416 e. The number of hydrogen-bond donors (Lipinski definition) is 2. The average molecular weight is 546 g/mol. The molecule has 1 aliphatic rings. The number of hydrogen-bond acceptors (Lipinski definition) is 10. The summed E-state index contributed by atoms with van der Waals surface area (Å²) in [6, 6.07) is 9.47. The van der Waals surface area contributed by atoms with Crippen molar-refractivity contribution in [1.82, 2.24) is 0 Å². The van der Waals surface area contributed by atoms with Gasteiger partial charge in [0.1, 0.15) is 17.2 Å². The summed E-state index contributed by atoms with van der Waals surface area (Å²) in [6.45, 7) is 0. The third kappa shape index (κ3) is 4.94. The van der Waals surface area contributed by atoms with Gasteiger partial charge in [-0.15, -0.1) is 0 Å². The summed E-state index contributed by atoms with van der Waals surface area (Å²) in [6.07, 6.45) is -5.20. The molecule has 2 aromatic carbocycles. The summed E-state index contributed by atoms with van der Waals surface area (Å²) in [5.41, 5.74) is -1.15. The van der Waals surface area contributed by atoms with Crippen LogP contribution in [0.25, 0.3) is 0 Å². The lowest BCUT2D eigenvalue weighted by atomic mass is 9.80. The number of carboxylic acids is 1. The Balaban J connectivity index is 2.61. The molecule has 15 heteroatoms. The number of halogens is 3. The van der Waals surface area contributed by atoms with Crippen LogP contribution in [0.2, 0.25) is 0 Å². The number of allylic oxidation sites excluding steroid dienone is 1. The Morgan fingerprint density at radius 1 is 1.13 bits per heavy atom. The van der Waals surface area contributed by atoms with E-state index in [0.717, 1.165) is 14.2 Å². The molecule has 0 fully saturated rings. The number of aromatic carboxylic acids is 1. The number of carbonyl (C=O) groups excluding carboxylic acids is 2. The van der Waals surface area contributed by atoms with Crippen LogP contribution in [0.15, 0.2) is 65.1 Å². The number of nitro groups is 1. The number of carbonyl (C=O) groups is 3. The lowest BCUT2D eigenvalue weighted by Crippen LogP contribution is -2.41. The van der Waals surface area contributed by atoms with Crippen LogP contribution >= 0.6 is 0 Å².